The lowest BCUT2D eigenvalue weighted by atomic mass is 9.92. The number of aryl methyl sites for hydroxylation is 1. The maximum absolute atomic E-state index is 6.32. The van der Waals surface area contributed by atoms with Gasteiger partial charge in [-0.2, -0.15) is 0 Å². The van der Waals surface area contributed by atoms with Gasteiger partial charge in [0.05, 0.1) is 11.8 Å². The van der Waals surface area contributed by atoms with E-state index in [9.17, 15) is 0 Å². The van der Waals surface area contributed by atoms with E-state index in [1.165, 1.54) is 6.42 Å². The summed E-state index contributed by atoms with van der Waals surface area (Å²) in [5.74, 6) is 0.689. The van der Waals surface area contributed by atoms with Gasteiger partial charge >= 0.3 is 0 Å². The fourth-order valence-electron chi connectivity index (χ4n) is 3.54. The number of fused-ring (bicyclic) bond motifs is 1. The number of rotatable bonds is 3. The Kier molecular flexibility index (Phi) is 3.94. The van der Waals surface area contributed by atoms with Gasteiger partial charge in [-0.1, -0.05) is 6.07 Å². The van der Waals surface area contributed by atoms with Crippen molar-refractivity contribution in [1.82, 2.24) is 14.9 Å². The van der Waals surface area contributed by atoms with Crippen LogP contribution in [-0.2, 0) is 11.3 Å². The predicted octanol–water partition coefficient (Wildman–Crippen LogP) is 3.20. The van der Waals surface area contributed by atoms with Crippen molar-refractivity contribution in [3.63, 3.8) is 0 Å². The second-order valence-electron chi connectivity index (χ2n) is 6.33. The molecular weight excluding hydrogens is 294 g/mol. The van der Waals surface area contributed by atoms with Crippen molar-refractivity contribution in [3.8, 4) is 0 Å². The Labute approximate surface area is 135 Å². The molecule has 2 aromatic heterocycles. The highest BCUT2D eigenvalue weighted by Gasteiger charge is 2.40. The summed E-state index contributed by atoms with van der Waals surface area (Å²) in [4.78, 5) is 11.5. The summed E-state index contributed by atoms with van der Waals surface area (Å²) in [6.07, 6.45) is 4.79. The number of thiazole rings is 1. The van der Waals surface area contributed by atoms with Gasteiger partial charge in [-0.15, -0.1) is 11.3 Å². The van der Waals surface area contributed by atoms with E-state index in [0.717, 1.165) is 42.5 Å². The Bertz CT molecular complexity index is 630. The topological polar surface area (TPSA) is 38.2 Å². The van der Waals surface area contributed by atoms with Crippen LogP contribution in [0, 0.1) is 12.8 Å². The molecule has 0 radical (unpaired) electrons. The fraction of sp³-hybridized carbons (Fsp3) is 0.529. The molecule has 0 aliphatic carbocycles. The lowest BCUT2D eigenvalue weighted by Gasteiger charge is -2.33. The highest BCUT2D eigenvalue weighted by Crippen LogP contribution is 2.41. The van der Waals surface area contributed by atoms with Crippen LogP contribution in [0.1, 0.15) is 35.3 Å². The van der Waals surface area contributed by atoms with Gasteiger partial charge in [-0.25, -0.2) is 4.98 Å². The number of pyridine rings is 1. The number of likely N-dealkylation sites (tertiary alicyclic amines) is 1. The number of aromatic nitrogens is 2. The van der Waals surface area contributed by atoms with E-state index in [-0.39, 0.29) is 6.10 Å². The predicted molar refractivity (Wildman–Crippen MR) is 86.7 cm³/mol. The van der Waals surface area contributed by atoms with Crippen LogP contribution in [0.25, 0.3) is 0 Å². The molecule has 2 aliphatic rings. The first-order chi connectivity index (χ1) is 10.8. The molecule has 2 fully saturated rings. The quantitative estimate of drug-likeness (QED) is 0.872. The smallest absolute Gasteiger partial charge is 0.122 e. The number of ether oxygens (including phenoxy) is 1. The Morgan fingerprint density at radius 1 is 1.41 bits per heavy atom. The molecule has 0 amide bonds. The number of hydrogen-bond acceptors (Lipinski definition) is 5. The minimum absolute atomic E-state index is 0.212. The average Bonchev–Trinajstić information content (AvgIpc) is 3.14. The summed E-state index contributed by atoms with van der Waals surface area (Å²) in [6.45, 7) is 5.14. The van der Waals surface area contributed by atoms with Crippen molar-refractivity contribution in [2.75, 3.05) is 13.1 Å². The van der Waals surface area contributed by atoms with E-state index in [4.69, 9.17) is 4.74 Å². The van der Waals surface area contributed by atoms with E-state index in [1.54, 1.807) is 11.3 Å². The maximum Gasteiger partial charge on any atom is 0.122 e. The standard InChI is InChI=1S/C17H21N3OS/c1-12-11-22-17(19-12)15-8-13-5-7-20(10-16(13)21-15)9-14-4-2-3-6-18-14/h2-4,6,11,13,15-16H,5,7-10H2,1H3/t13-,15+,16+/m1/s1. The third kappa shape index (κ3) is 2.93. The zero-order valence-electron chi connectivity index (χ0n) is 12.8. The molecule has 0 unspecified atom stereocenters. The molecule has 0 saturated carbocycles. The van der Waals surface area contributed by atoms with E-state index >= 15 is 0 Å². The molecule has 0 N–H and O–H groups in total. The highest BCUT2D eigenvalue weighted by molar-refractivity contribution is 7.09. The minimum Gasteiger partial charge on any atom is -0.366 e. The van der Waals surface area contributed by atoms with Crippen LogP contribution in [0.2, 0.25) is 0 Å². The van der Waals surface area contributed by atoms with Gasteiger partial charge in [0.25, 0.3) is 0 Å². The first kappa shape index (κ1) is 14.3. The zero-order chi connectivity index (χ0) is 14.9. The third-order valence-corrected chi connectivity index (χ3v) is 5.71. The van der Waals surface area contributed by atoms with Crippen molar-refractivity contribution in [2.24, 2.45) is 5.92 Å². The van der Waals surface area contributed by atoms with Crippen LogP contribution >= 0.6 is 11.3 Å². The lowest BCUT2D eigenvalue weighted by molar-refractivity contribution is -0.00968. The normalized spacial score (nSPS) is 28.7. The summed E-state index contributed by atoms with van der Waals surface area (Å²) in [6, 6.07) is 6.13. The molecule has 116 valence electrons. The number of nitrogens with zero attached hydrogens (tertiary/aromatic N) is 3. The van der Waals surface area contributed by atoms with Crippen molar-refractivity contribution >= 4 is 11.3 Å². The average molecular weight is 315 g/mol. The number of piperidine rings is 1. The summed E-state index contributed by atoms with van der Waals surface area (Å²) < 4.78 is 6.32. The molecule has 4 heterocycles. The Balaban J connectivity index is 1.39. The zero-order valence-corrected chi connectivity index (χ0v) is 13.6. The van der Waals surface area contributed by atoms with Gasteiger partial charge in [-0.05, 0) is 44.4 Å². The SMILES string of the molecule is Cc1csc([C@@H]2C[C@H]3CCN(Cc4ccccn4)C[C@@H]3O2)n1. The third-order valence-electron chi connectivity index (χ3n) is 4.66. The molecule has 4 nitrogen and oxygen atoms in total. The Morgan fingerprint density at radius 3 is 3.14 bits per heavy atom. The Morgan fingerprint density at radius 2 is 2.36 bits per heavy atom. The van der Waals surface area contributed by atoms with E-state index in [1.807, 2.05) is 12.3 Å². The van der Waals surface area contributed by atoms with E-state index in [2.05, 4.69) is 39.3 Å². The molecule has 2 aliphatic heterocycles. The highest BCUT2D eigenvalue weighted by atomic mass is 32.1. The summed E-state index contributed by atoms with van der Waals surface area (Å²) in [5.41, 5.74) is 2.25. The summed E-state index contributed by atoms with van der Waals surface area (Å²) in [5, 5.41) is 3.27. The first-order valence-corrected chi connectivity index (χ1v) is 8.85. The van der Waals surface area contributed by atoms with Crippen LogP contribution < -0.4 is 0 Å². The van der Waals surface area contributed by atoms with Crippen molar-refractivity contribution in [1.29, 1.82) is 0 Å². The largest absolute Gasteiger partial charge is 0.366 e. The van der Waals surface area contributed by atoms with Crippen LogP contribution in [0.4, 0.5) is 0 Å². The first-order valence-electron chi connectivity index (χ1n) is 7.97. The van der Waals surface area contributed by atoms with E-state index < -0.39 is 0 Å². The van der Waals surface area contributed by atoms with Gasteiger partial charge in [0.15, 0.2) is 0 Å². The molecule has 22 heavy (non-hydrogen) atoms. The molecule has 2 saturated heterocycles. The molecule has 3 atom stereocenters. The Hall–Kier alpha value is -1.30. The van der Waals surface area contributed by atoms with Crippen LogP contribution in [-0.4, -0.2) is 34.1 Å². The van der Waals surface area contributed by atoms with Crippen molar-refractivity contribution < 1.29 is 4.74 Å². The number of hydrogen-bond donors (Lipinski definition) is 0. The van der Waals surface area contributed by atoms with Crippen LogP contribution in [0.5, 0.6) is 0 Å². The fourth-order valence-corrected chi connectivity index (χ4v) is 4.38. The second-order valence-corrected chi connectivity index (χ2v) is 7.22. The van der Waals surface area contributed by atoms with Gasteiger partial charge in [0.2, 0.25) is 0 Å². The lowest BCUT2D eigenvalue weighted by Crippen LogP contribution is -2.41. The van der Waals surface area contributed by atoms with Crippen molar-refractivity contribution in [3.05, 3.63) is 46.2 Å². The second kappa shape index (κ2) is 6.07. The molecule has 0 spiro atoms. The molecular formula is C17H21N3OS. The van der Waals surface area contributed by atoms with Crippen LogP contribution in [0.15, 0.2) is 29.8 Å². The van der Waals surface area contributed by atoms with Gasteiger partial charge in [0, 0.05) is 30.4 Å². The van der Waals surface area contributed by atoms with Crippen LogP contribution in [0.3, 0.4) is 0 Å². The molecule has 5 heteroatoms. The maximum atomic E-state index is 6.32. The summed E-state index contributed by atoms with van der Waals surface area (Å²) >= 11 is 1.74. The van der Waals surface area contributed by atoms with Crippen molar-refractivity contribution in [2.45, 2.75) is 38.5 Å². The molecule has 0 bridgehead atoms. The molecule has 0 aromatic carbocycles. The molecule has 4 rings (SSSR count). The monoisotopic (exact) mass is 315 g/mol. The van der Waals surface area contributed by atoms with Gasteiger partial charge in [-0.3, -0.25) is 9.88 Å². The summed E-state index contributed by atoms with van der Waals surface area (Å²) in [7, 11) is 0. The molecule has 2 aromatic rings. The van der Waals surface area contributed by atoms with E-state index in [0.29, 0.717) is 12.0 Å². The van der Waals surface area contributed by atoms with Gasteiger partial charge < -0.3 is 4.74 Å². The minimum atomic E-state index is 0.212. The van der Waals surface area contributed by atoms with Gasteiger partial charge in [0.1, 0.15) is 11.1 Å².